The number of hydrogen-bond acceptors (Lipinski definition) is 2. The number of nitrogens with zero attached hydrogens (tertiary/aromatic N) is 1. The normalized spacial score (nSPS) is 20.7. The van der Waals surface area contributed by atoms with Crippen LogP contribution in [0.1, 0.15) is 35.7 Å². The lowest BCUT2D eigenvalue weighted by Crippen LogP contribution is -2.28. The van der Waals surface area contributed by atoms with Gasteiger partial charge in [0.1, 0.15) is 0 Å². The van der Waals surface area contributed by atoms with E-state index in [0.29, 0.717) is 6.54 Å². The summed E-state index contributed by atoms with van der Waals surface area (Å²) in [5.41, 5.74) is 1.97. The van der Waals surface area contributed by atoms with E-state index < -0.39 is 0 Å². The van der Waals surface area contributed by atoms with Crippen molar-refractivity contribution in [1.29, 1.82) is 0 Å². The van der Waals surface area contributed by atoms with Gasteiger partial charge >= 0.3 is 0 Å². The van der Waals surface area contributed by atoms with Gasteiger partial charge < -0.3 is 0 Å². The minimum Gasteiger partial charge on any atom is -0.296 e. The van der Waals surface area contributed by atoms with Crippen LogP contribution in [0.3, 0.4) is 0 Å². The maximum atomic E-state index is 12.2. The quantitative estimate of drug-likeness (QED) is 0.743. The number of benzene rings is 1. The molecule has 0 aromatic heterocycles. The first-order valence-electron chi connectivity index (χ1n) is 6.52. The molecule has 0 radical (unpaired) electrons. The summed E-state index contributed by atoms with van der Waals surface area (Å²) < 4.78 is 0. The van der Waals surface area contributed by atoms with Gasteiger partial charge in [-0.15, -0.1) is 0 Å². The van der Waals surface area contributed by atoms with Crippen molar-refractivity contribution < 1.29 is 4.79 Å². The number of carbonyl (C=O) groups excluding carboxylic acids is 1. The van der Waals surface area contributed by atoms with Crippen molar-refractivity contribution in [1.82, 2.24) is 4.90 Å². The zero-order chi connectivity index (χ0) is 12.3. The van der Waals surface area contributed by atoms with Crippen LogP contribution in [0.2, 0.25) is 0 Å². The van der Waals surface area contributed by atoms with Gasteiger partial charge in [-0.05, 0) is 31.4 Å². The average Bonchev–Trinajstić information content (AvgIpc) is 2.77. The molecule has 1 aliphatic rings. The Morgan fingerprint density at radius 2 is 2.18 bits per heavy atom. The Kier molecular flexibility index (Phi) is 3.95. The van der Waals surface area contributed by atoms with E-state index >= 15 is 0 Å². The standard InChI is InChI=1S/C15H21NO/c1-3-13-8-9-16(10-13)11-15(17)14-7-5-4-6-12(14)2/h4-7,13H,3,8-11H2,1-2H3. The highest BCUT2D eigenvalue weighted by Gasteiger charge is 2.23. The summed E-state index contributed by atoms with van der Waals surface area (Å²) in [6.07, 6.45) is 2.48. The molecule has 2 heteroatoms. The highest BCUT2D eigenvalue weighted by Crippen LogP contribution is 2.19. The zero-order valence-electron chi connectivity index (χ0n) is 10.8. The second-order valence-electron chi connectivity index (χ2n) is 5.04. The van der Waals surface area contributed by atoms with Crippen LogP contribution < -0.4 is 0 Å². The van der Waals surface area contributed by atoms with Crippen molar-refractivity contribution >= 4 is 5.78 Å². The molecule has 1 heterocycles. The molecule has 1 saturated heterocycles. The van der Waals surface area contributed by atoms with Crippen molar-refractivity contribution in [2.75, 3.05) is 19.6 Å². The smallest absolute Gasteiger partial charge is 0.177 e. The lowest BCUT2D eigenvalue weighted by molar-refractivity contribution is 0.0942. The predicted octanol–water partition coefficient (Wildman–Crippen LogP) is 2.91. The van der Waals surface area contributed by atoms with Crippen molar-refractivity contribution in [2.24, 2.45) is 5.92 Å². The number of Topliss-reactive ketones (excluding diaryl/α,β-unsaturated/α-hetero) is 1. The Labute approximate surface area is 104 Å². The molecule has 17 heavy (non-hydrogen) atoms. The van der Waals surface area contributed by atoms with Gasteiger partial charge in [-0.25, -0.2) is 0 Å². The molecule has 0 N–H and O–H groups in total. The molecule has 1 fully saturated rings. The topological polar surface area (TPSA) is 20.3 Å². The molecule has 0 aliphatic carbocycles. The summed E-state index contributed by atoms with van der Waals surface area (Å²) in [7, 11) is 0. The van der Waals surface area contributed by atoms with Gasteiger partial charge in [0.15, 0.2) is 5.78 Å². The van der Waals surface area contributed by atoms with E-state index in [1.807, 2.05) is 31.2 Å². The molecule has 92 valence electrons. The number of aryl methyl sites for hydroxylation is 1. The van der Waals surface area contributed by atoms with Crippen LogP contribution in [0.15, 0.2) is 24.3 Å². The first-order chi connectivity index (χ1) is 8.20. The van der Waals surface area contributed by atoms with Crippen LogP contribution in [0, 0.1) is 12.8 Å². The fraction of sp³-hybridized carbons (Fsp3) is 0.533. The minimum atomic E-state index is 0.264. The van der Waals surface area contributed by atoms with E-state index in [9.17, 15) is 4.79 Å². The summed E-state index contributed by atoms with van der Waals surface area (Å²) in [5, 5.41) is 0. The second-order valence-corrected chi connectivity index (χ2v) is 5.04. The molecule has 2 rings (SSSR count). The largest absolute Gasteiger partial charge is 0.296 e. The Hall–Kier alpha value is -1.15. The molecular weight excluding hydrogens is 210 g/mol. The SMILES string of the molecule is CCC1CCN(CC(=O)c2ccccc2C)C1. The molecule has 0 bridgehead atoms. The van der Waals surface area contributed by atoms with E-state index in [-0.39, 0.29) is 5.78 Å². The second kappa shape index (κ2) is 5.46. The van der Waals surface area contributed by atoms with Crippen LogP contribution >= 0.6 is 0 Å². The van der Waals surface area contributed by atoms with Crippen LogP contribution in [0.4, 0.5) is 0 Å². The minimum absolute atomic E-state index is 0.264. The maximum absolute atomic E-state index is 12.2. The number of hydrogen-bond donors (Lipinski definition) is 0. The Balaban J connectivity index is 1.96. The summed E-state index contributed by atoms with van der Waals surface area (Å²) >= 11 is 0. The van der Waals surface area contributed by atoms with Gasteiger partial charge in [-0.3, -0.25) is 9.69 Å². The van der Waals surface area contributed by atoms with Gasteiger partial charge in [0.05, 0.1) is 6.54 Å². The molecule has 0 spiro atoms. The third-order valence-corrected chi connectivity index (χ3v) is 3.76. The summed E-state index contributed by atoms with van der Waals surface area (Å²) in [5.74, 6) is 1.06. The molecular formula is C15H21NO. The first-order valence-corrected chi connectivity index (χ1v) is 6.52. The molecule has 2 nitrogen and oxygen atoms in total. The Morgan fingerprint density at radius 1 is 1.41 bits per heavy atom. The predicted molar refractivity (Wildman–Crippen MR) is 70.3 cm³/mol. The number of ketones is 1. The third kappa shape index (κ3) is 2.95. The van der Waals surface area contributed by atoms with Gasteiger partial charge in [0.25, 0.3) is 0 Å². The van der Waals surface area contributed by atoms with E-state index in [0.717, 1.165) is 30.1 Å². The van der Waals surface area contributed by atoms with Crippen LogP contribution in [0.5, 0.6) is 0 Å². The highest BCUT2D eigenvalue weighted by molar-refractivity contribution is 5.98. The number of likely N-dealkylation sites (tertiary alicyclic amines) is 1. The molecule has 1 unspecified atom stereocenters. The monoisotopic (exact) mass is 231 g/mol. The zero-order valence-corrected chi connectivity index (χ0v) is 10.8. The third-order valence-electron chi connectivity index (χ3n) is 3.76. The van der Waals surface area contributed by atoms with Gasteiger partial charge in [-0.1, -0.05) is 37.6 Å². The summed E-state index contributed by atoms with van der Waals surface area (Å²) in [6, 6.07) is 7.87. The fourth-order valence-electron chi connectivity index (χ4n) is 2.56. The van der Waals surface area contributed by atoms with Crippen molar-refractivity contribution in [3.05, 3.63) is 35.4 Å². The Morgan fingerprint density at radius 3 is 2.82 bits per heavy atom. The van der Waals surface area contributed by atoms with Crippen molar-refractivity contribution in [3.63, 3.8) is 0 Å². The summed E-state index contributed by atoms with van der Waals surface area (Å²) in [4.78, 5) is 14.5. The van der Waals surface area contributed by atoms with Crippen molar-refractivity contribution in [2.45, 2.75) is 26.7 Å². The maximum Gasteiger partial charge on any atom is 0.177 e. The van der Waals surface area contributed by atoms with Crippen LogP contribution in [-0.4, -0.2) is 30.3 Å². The lowest BCUT2D eigenvalue weighted by Gasteiger charge is -2.15. The van der Waals surface area contributed by atoms with Gasteiger partial charge in [0, 0.05) is 12.1 Å². The van der Waals surface area contributed by atoms with E-state index in [1.54, 1.807) is 0 Å². The Bertz CT molecular complexity index is 400. The highest BCUT2D eigenvalue weighted by atomic mass is 16.1. The van der Waals surface area contributed by atoms with E-state index in [2.05, 4.69) is 11.8 Å². The van der Waals surface area contributed by atoms with Gasteiger partial charge in [-0.2, -0.15) is 0 Å². The lowest BCUT2D eigenvalue weighted by atomic mass is 10.0. The van der Waals surface area contributed by atoms with Crippen LogP contribution in [0.25, 0.3) is 0 Å². The molecule has 1 aromatic rings. The average molecular weight is 231 g/mol. The molecule has 0 amide bonds. The number of carbonyl (C=O) groups is 1. The van der Waals surface area contributed by atoms with Crippen molar-refractivity contribution in [3.8, 4) is 0 Å². The molecule has 1 atom stereocenters. The van der Waals surface area contributed by atoms with Gasteiger partial charge in [0.2, 0.25) is 0 Å². The van der Waals surface area contributed by atoms with E-state index in [1.165, 1.54) is 12.8 Å². The fourth-order valence-corrected chi connectivity index (χ4v) is 2.56. The van der Waals surface area contributed by atoms with Crippen LogP contribution in [-0.2, 0) is 0 Å². The summed E-state index contributed by atoms with van der Waals surface area (Å²) in [6.45, 7) is 7.00. The first kappa shape index (κ1) is 12.3. The van der Waals surface area contributed by atoms with E-state index in [4.69, 9.17) is 0 Å². The molecule has 0 saturated carbocycles. The molecule has 1 aromatic carbocycles. The number of rotatable bonds is 4. The molecule has 1 aliphatic heterocycles.